The fraction of sp³-hybridized carbons (Fsp3) is 0.367. The van der Waals surface area contributed by atoms with Crippen molar-refractivity contribution in [3.05, 3.63) is 90.0 Å². The Bertz CT molecular complexity index is 1110. The molecule has 0 spiro atoms. The molecule has 4 nitrogen and oxygen atoms in total. The van der Waals surface area contributed by atoms with Crippen molar-refractivity contribution in [3.8, 4) is 0 Å². The normalized spacial score (nSPS) is 17.1. The van der Waals surface area contributed by atoms with E-state index < -0.39 is 0 Å². The van der Waals surface area contributed by atoms with Crippen molar-refractivity contribution in [2.45, 2.75) is 31.8 Å². The SMILES string of the molecule is O=C(CCN(Cc1cccc2ccccc12)C1CC1)N1CCN(C/C=C/c2ccccc2)CC1. The molecule has 1 amide bonds. The minimum atomic E-state index is 0.308. The Labute approximate surface area is 203 Å². The van der Waals surface area contributed by atoms with Crippen LogP contribution in [0.5, 0.6) is 0 Å². The number of rotatable bonds is 9. The number of carbonyl (C=O) groups excluding carboxylic acids is 1. The average Bonchev–Trinajstić information content (AvgIpc) is 3.73. The van der Waals surface area contributed by atoms with E-state index in [0.29, 0.717) is 18.4 Å². The largest absolute Gasteiger partial charge is 0.340 e. The first-order chi connectivity index (χ1) is 16.8. The number of benzene rings is 3. The summed E-state index contributed by atoms with van der Waals surface area (Å²) in [4.78, 5) is 20.0. The molecule has 0 N–H and O–H groups in total. The number of hydrogen-bond acceptors (Lipinski definition) is 3. The standard InChI is InChI=1S/C30H35N3O/c34-30(32-22-20-31(21-23-32)18-7-10-25-8-2-1-3-9-25)17-19-33(28-15-16-28)24-27-13-6-12-26-11-4-5-14-29(26)27/h1-14,28H,15-24H2/b10-7+. The first kappa shape index (κ1) is 22.8. The summed E-state index contributed by atoms with van der Waals surface area (Å²) in [5.74, 6) is 0.308. The fourth-order valence-electron chi connectivity index (χ4n) is 4.96. The van der Waals surface area contributed by atoms with Gasteiger partial charge in [-0.2, -0.15) is 0 Å². The zero-order valence-corrected chi connectivity index (χ0v) is 20.0. The van der Waals surface area contributed by atoms with Crippen LogP contribution in [0, 0.1) is 0 Å². The molecule has 1 aliphatic carbocycles. The van der Waals surface area contributed by atoms with Crippen LogP contribution in [0.25, 0.3) is 16.8 Å². The van der Waals surface area contributed by atoms with E-state index in [1.165, 1.54) is 34.7 Å². The third-order valence-corrected chi connectivity index (χ3v) is 7.13. The van der Waals surface area contributed by atoms with Crippen molar-refractivity contribution in [1.29, 1.82) is 0 Å². The lowest BCUT2D eigenvalue weighted by atomic mass is 10.0. The summed E-state index contributed by atoms with van der Waals surface area (Å²) >= 11 is 0. The van der Waals surface area contributed by atoms with Crippen LogP contribution in [-0.2, 0) is 11.3 Å². The van der Waals surface area contributed by atoms with Crippen LogP contribution in [0.4, 0.5) is 0 Å². The molecule has 0 atom stereocenters. The van der Waals surface area contributed by atoms with Gasteiger partial charge in [-0.3, -0.25) is 14.6 Å². The molecule has 176 valence electrons. The van der Waals surface area contributed by atoms with E-state index in [1.807, 2.05) is 6.07 Å². The number of hydrogen-bond donors (Lipinski definition) is 0. The molecule has 4 heteroatoms. The summed E-state index contributed by atoms with van der Waals surface area (Å²) in [7, 11) is 0. The van der Waals surface area contributed by atoms with Crippen LogP contribution in [0.2, 0.25) is 0 Å². The van der Waals surface area contributed by atoms with Crippen LogP contribution in [0.15, 0.2) is 78.9 Å². The monoisotopic (exact) mass is 453 g/mol. The molecule has 3 aromatic rings. The smallest absolute Gasteiger partial charge is 0.223 e. The Morgan fingerprint density at radius 1 is 0.882 bits per heavy atom. The molecule has 0 radical (unpaired) electrons. The van der Waals surface area contributed by atoms with Gasteiger partial charge >= 0.3 is 0 Å². The van der Waals surface area contributed by atoms with Crippen LogP contribution in [0.3, 0.4) is 0 Å². The van der Waals surface area contributed by atoms with Gasteiger partial charge in [0.2, 0.25) is 5.91 Å². The summed E-state index contributed by atoms with van der Waals surface area (Å²) in [5, 5.41) is 2.63. The van der Waals surface area contributed by atoms with Gasteiger partial charge in [0.1, 0.15) is 0 Å². The molecule has 0 unspecified atom stereocenters. The molecular formula is C30H35N3O. The second-order valence-electron chi connectivity index (χ2n) is 9.58. The highest BCUT2D eigenvalue weighted by atomic mass is 16.2. The van der Waals surface area contributed by atoms with Crippen molar-refractivity contribution in [2.24, 2.45) is 0 Å². The van der Waals surface area contributed by atoms with Crippen molar-refractivity contribution in [3.63, 3.8) is 0 Å². The van der Waals surface area contributed by atoms with E-state index in [4.69, 9.17) is 0 Å². The van der Waals surface area contributed by atoms with Crippen molar-refractivity contribution in [1.82, 2.24) is 14.7 Å². The molecule has 0 aromatic heterocycles. The Kier molecular flexibility index (Phi) is 7.37. The van der Waals surface area contributed by atoms with Gasteiger partial charge in [0.05, 0.1) is 0 Å². The zero-order chi connectivity index (χ0) is 23.2. The third-order valence-electron chi connectivity index (χ3n) is 7.13. The lowest BCUT2D eigenvalue weighted by Crippen LogP contribution is -2.49. The van der Waals surface area contributed by atoms with Crippen LogP contribution >= 0.6 is 0 Å². The molecule has 1 aliphatic heterocycles. The number of carbonyl (C=O) groups is 1. The highest BCUT2D eigenvalue weighted by Crippen LogP contribution is 2.30. The van der Waals surface area contributed by atoms with Crippen LogP contribution < -0.4 is 0 Å². The predicted octanol–water partition coefficient (Wildman–Crippen LogP) is 5.05. The molecular weight excluding hydrogens is 418 g/mol. The summed E-state index contributed by atoms with van der Waals surface area (Å²) < 4.78 is 0. The summed E-state index contributed by atoms with van der Waals surface area (Å²) in [6.45, 7) is 6.31. The number of piperazine rings is 1. The Balaban J connectivity index is 1.09. The van der Waals surface area contributed by atoms with Gasteiger partial charge in [-0.05, 0) is 34.7 Å². The van der Waals surface area contributed by atoms with Gasteiger partial charge in [0.15, 0.2) is 0 Å². The molecule has 1 saturated heterocycles. The summed E-state index contributed by atoms with van der Waals surface area (Å²) in [6, 6.07) is 26.3. The Hall–Kier alpha value is -2.95. The predicted molar refractivity (Wildman–Crippen MR) is 140 cm³/mol. The van der Waals surface area contributed by atoms with Crippen LogP contribution in [-0.4, -0.2) is 65.9 Å². The number of nitrogens with zero attached hydrogens (tertiary/aromatic N) is 3. The first-order valence-corrected chi connectivity index (χ1v) is 12.7. The molecule has 5 rings (SSSR count). The van der Waals surface area contributed by atoms with Gasteiger partial charge in [0.25, 0.3) is 0 Å². The molecule has 1 heterocycles. The van der Waals surface area contributed by atoms with E-state index in [1.54, 1.807) is 0 Å². The van der Waals surface area contributed by atoms with E-state index >= 15 is 0 Å². The van der Waals surface area contributed by atoms with Crippen molar-refractivity contribution in [2.75, 3.05) is 39.3 Å². The van der Waals surface area contributed by atoms with Gasteiger partial charge in [-0.25, -0.2) is 0 Å². The molecule has 34 heavy (non-hydrogen) atoms. The first-order valence-electron chi connectivity index (χ1n) is 12.7. The van der Waals surface area contributed by atoms with Gasteiger partial charge < -0.3 is 4.90 Å². The van der Waals surface area contributed by atoms with Crippen LogP contribution in [0.1, 0.15) is 30.4 Å². The van der Waals surface area contributed by atoms with Crippen molar-refractivity contribution < 1.29 is 4.79 Å². The molecule has 1 saturated carbocycles. The third kappa shape index (κ3) is 5.94. The lowest BCUT2D eigenvalue weighted by molar-refractivity contribution is -0.133. The second kappa shape index (κ2) is 11.0. The molecule has 3 aromatic carbocycles. The maximum Gasteiger partial charge on any atom is 0.223 e. The van der Waals surface area contributed by atoms with E-state index in [9.17, 15) is 4.79 Å². The van der Waals surface area contributed by atoms with Gasteiger partial charge in [0, 0.05) is 58.3 Å². The number of amides is 1. The quantitative estimate of drug-likeness (QED) is 0.454. The van der Waals surface area contributed by atoms with E-state index in [2.05, 4.69) is 93.6 Å². The van der Waals surface area contributed by atoms with E-state index in [-0.39, 0.29) is 0 Å². The summed E-state index contributed by atoms with van der Waals surface area (Å²) in [6.07, 6.45) is 7.55. The van der Waals surface area contributed by atoms with E-state index in [0.717, 1.165) is 45.8 Å². The Morgan fingerprint density at radius 3 is 2.41 bits per heavy atom. The average molecular weight is 454 g/mol. The maximum absolute atomic E-state index is 13.0. The highest BCUT2D eigenvalue weighted by Gasteiger charge is 2.30. The summed E-state index contributed by atoms with van der Waals surface area (Å²) in [5.41, 5.74) is 2.61. The minimum Gasteiger partial charge on any atom is -0.340 e. The molecule has 2 aliphatic rings. The van der Waals surface area contributed by atoms with Gasteiger partial charge in [-0.15, -0.1) is 0 Å². The van der Waals surface area contributed by atoms with Gasteiger partial charge in [-0.1, -0.05) is 84.9 Å². The molecule has 2 fully saturated rings. The molecule has 0 bridgehead atoms. The lowest BCUT2D eigenvalue weighted by Gasteiger charge is -2.34. The Morgan fingerprint density at radius 2 is 1.62 bits per heavy atom. The highest BCUT2D eigenvalue weighted by molar-refractivity contribution is 5.85. The zero-order valence-electron chi connectivity index (χ0n) is 20.0. The minimum absolute atomic E-state index is 0.308. The van der Waals surface area contributed by atoms with Crippen molar-refractivity contribution >= 4 is 22.8 Å². The second-order valence-corrected chi connectivity index (χ2v) is 9.58. The fourth-order valence-corrected chi connectivity index (χ4v) is 4.96. The topological polar surface area (TPSA) is 26.8 Å². The maximum atomic E-state index is 13.0. The number of fused-ring (bicyclic) bond motifs is 1.